The van der Waals surface area contributed by atoms with E-state index in [1.807, 2.05) is 36.4 Å². The monoisotopic (exact) mass is 482 g/mol. The van der Waals surface area contributed by atoms with Gasteiger partial charge in [0.15, 0.2) is 0 Å². The summed E-state index contributed by atoms with van der Waals surface area (Å²) in [4.78, 5) is 64.1. The molecular weight excluding hydrogens is 464 g/mol. The highest BCUT2D eigenvalue weighted by molar-refractivity contribution is 6.25. The summed E-state index contributed by atoms with van der Waals surface area (Å²) in [6, 6.07) is 18.2. The maximum absolute atomic E-state index is 14.0. The molecule has 2 amide bonds. The van der Waals surface area contributed by atoms with Gasteiger partial charge in [0.25, 0.3) is 0 Å². The minimum absolute atomic E-state index is 0.0180. The van der Waals surface area contributed by atoms with Crippen molar-refractivity contribution < 1.29 is 28.8 Å². The van der Waals surface area contributed by atoms with Crippen molar-refractivity contribution >= 4 is 35.4 Å². The second kappa shape index (κ2) is 7.42. The largest absolute Gasteiger partial charge is 0.419 e. The number of imide groups is 1. The smallest absolute Gasteiger partial charge is 0.313 e. The van der Waals surface area contributed by atoms with Gasteiger partial charge in [-0.25, -0.2) is 4.90 Å². The minimum Gasteiger partial charge on any atom is -0.419 e. The van der Waals surface area contributed by atoms with E-state index in [0.717, 1.165) is 35.3 Å². The molecule has 2 bridgehead atoms. The third-order valence-electron chi connectivity index (χ3n) is 7.52. The van der Waals surface area contributed by atoms with Crippen molar-refractivity contribution in [1.82, 2.24) is 0 Å². The van der Waals surface area contributed by atoms with Crippen LogP contribution in [0.4, 0.5) is 11.4 Å². The van der Waals surface area contributed by atoms with E-state index < -0.39 is 51.6 Å². The number of carbonyl (C=O) groups is 4. The molecule has 1 fully saturated rings. The molecule has 2 atom stereocenters. The zero-order valence-electron chi connectivity index (χ0n) is 18.9. The van der Waals surface area contributed by atoms with E-state index in [1.54, 1.807) is 12.1 Å². The molecule has 7 rings (SSSR count). The van der Waals surface area contributed by atoms with Gasteiger partial charge >= 0.3 is 11.7 Å². The summed E-state index contributed by atoms with van der Waals surface area (Å²) < 4.78 is 4.92. The van der Waals surface area contributed by atoms with Gasteiger partial charge in [-0.3, -0.25) is 24.5 Å². The van der Waals surface area contributed by atoms with Crippen LogP contribution in [0.25, 0.3) is 0 Å². The first kappa shape index (κ1) is 21.8. The molecule has 1 heterocycles. The minimum atomic E-state index is -1.36. The van der Waals surface area contributed by atoms with Gasteiger partial charge in [0.2, 0.25) is 17.6 Å². The Kier molecular flexibility index (Phi) is 4.50. The highest BCUT2D eigenvalue weighted by Crippen LogP contribution is 2.63. The molecule has 0 aromatic heterocycles. The maximum atomic E-state index is 14.0. The van der Waals surface area contributed by atoms with Crippen LogP contribution in [-0.4, -0.2) is 29.0 Å². The lowest BCUT2D eigenvalue weighted by Gasteiger charge is -2.51. The van der Waals surface area contributed by atoms with E-state index >= 15 is 0 Å². The van der Waals surface area contributed by atoms with Gasteiger partial charge < -0.3 is 9.53 Å². The van der Waals surface area contributed by atoms with Crippen molar-refractivity contribution in [1.29, 1.82) is 0 Å². The molecule has 178 valence electrons. The Hall–Kier alpha value is -4.66. The van der Waals surface area contributed by atoms with Crippen LogP contribution in [0.2, 0.25) is 0 Å². The summed E-state index contributed by atoms with van der Waals surface area (Å²) in [7, 11) is 0. The zero-order chi connectivity index (χ0) is 25.4. The number of aldehydes is 1. The molecule has 36 heavy (non-hydrogen) atoms. The summed E-state index contributed by atoms with van der Waals surface area (Å²) in [5.74, 6) is -4.45. The molecule has 0 spiro atoms. The lowest BCUT2D eigenvalue weighted by atomic mass is 9.48. The molecule has 9 nitrogen and oxygen atoms in total. The Morgan fingerprint density at radius 2 is 1.61 bits per heavy atom. The molecule has 0 N–H and O–H groups in total. The Balaban J connectivity index is 1.55. The van der Waals surface area contributed by atoms with Crippen molar-refractivity contribution in [3.63, 3.8) is 0 Å². The molecule has 0 unspecified atom stereocenters. The molecule has 1 saturated heterocycles. The number of nitrogens with zero attached hydrogens (tertiary/aromatic N) is 2. The van der Waals surface area contributed by atoms with Crippen molar-refractivity contribution in [2.24, 2.45) is 11.8 Å². The fraction of sp³-hybridized carbons (Fsp3) is 0.185. The fourth-order valence-electron chi connectivity index (χ4n) is 6.31. The van der Waals surface area contributed by atoms with Gasteiger partial charge in [-0.05, 0) is 34.4 Å². The van der Waals surface area contributed by atoms with Crippen LogP contribution in [0.1, 0.15) is 35.1 Å². The maximum Gasteiger partial charge on any atom is 0.313 e. The summed E-state index contributed by atoms with van der Waals surface area (Å²) >= 11 is 0. The molecule has 3 aromatic carbocycles. The van der Waals surface area contributed by atoms with E-state index in [2.05, 4.69) is 0 Å². The summed E-state index contributed by atoms with van der Waals surface area (Å²) in [5.41, 5.74) is 1.10. The van der Waals surface area contributed by atoms with Crippen molar-refractivity contribution in [3.05, 3.63) is 99.1 Å². The molecule has 9 heteroatoms. The number of benzene rings is 3. The highest BCUT2D eigenvalue weighted by Gasteiger charge is 2.68. The number of rotatable bonds is 4. The topological polar surface area (TPSA) is 124 Å². The Morgan fingerprint density at radius 1 is 1.00 bits per heavy atom. The van der Waals surface area contributed by atoms with Gasteiger partial charge in [0, 0.05) is 18.9 Å². The molecule has 1 aliphatic heterocycles. The highest BCUT2D eigenvalue weighted by atomic mass is 16.6. The number of anilines is 1. The van der Waals surface area contributed by atoms with Crippen LogP contribution >= 0.6 is 0 Å². The molecule has 3 aromatic rings. The number of nitro benzene ring substituents is 1. The van der Waals surface area contributed by atoms with Gasteiger partial charge in [-0.15, -0.1) is 0 Å². The first-order valence-electron chi connectivity index (χ1n) is 11.3. The van der Waals surface area contributed by atoms with Crippen molar-refractivity contribution in [3.8, 4) is 5.75 Å². The normalized spacial score (nSPS) is 25.1. The van der Waals surface area contributed by atoms with Gasteiger partial charge in [-0.2, -0.15) is 0 Å². The van der Waals surface area contributed by atoms with E-state index in [0.29, 0.717) is 11.1 Å². The summed E-state index contributed by atoms with van der Waals surface area (Å²) in [6.07, 6.45) is 0.763. The van der Waals surface area contributed by atoms with Gasteiger partial charge in [0.1, 0.15) is 6.29 Å². The lowest BCUT2D eigenvalue weighted by molar-refractivity contribution is -0.385. The Morgan fingerprint density at radius 3 is 2.17 bits per heavy atom. The van der Waals surface area contributed by atoms with Crippen LogP contribution in [0.3, 0.4) is 0 Å². The standard InChI is InChI=1S/C27H18N2O7/c1-14(31)36-21-11-10-15(12-20(21)29(34)35)28-25(32)23-22-16-6-2-4-8-18(16)27(13-30,24(23)26(28)33)19-9-5-3-7-17(19)22/h2-13,22-24H,1H3/t22?,23-,24+,27?/m1/s1. The number of carbonyl (C=O) groups excluding carboxylic acids is 4. The predicted octanol–water partition coefficient (Wildman–Crippen LogP) is 3.27. The van der Waals surface area contributed by atoms with Crippen molar-refractivity contribution in [2.45, 2.75) is 18.3 Å². The van der Waals surface area contributed by atoms with Crippen LogP contribution in [0, 0.1) is 22.0 Å². The fourth-order valence-corrected chi connectivity index (χ4v) is 6.31. The molecule has 3 aliphatic carbocycles. The van der Waals surface area contributed by atoms with E-state index in [9.17, 15) is 29.3 Å². The Bertz CT molecular complexity index is 1480. The zero-order valence-corrected chi connectivity index (χ0v) is 18.9. The molecular formula is C27H18N2O7. The summed E-state index contributed by atoms with van der Waals surface area (Å²) in [5, 5.41) is 11.7. The second-order valence-electron chi connectivity index (χ2n) is 9.16. The third-order valence-corrected chi connectivity index (χ3v) is 7.52. The molecule has 0 radical (unpaired) electrons. The SMILES string of the molecule is CC(=O)Oc1ccc(N2C(=O)[C@@H]3C4c5ccccc5C(C=O)(c5ccccc54)[C@@H]3C2=O)cc1[N+](=O)[O-]. The number of hydrogen-bond donors (Lipinski definition) is 0. The molecule has 4 aliphatic rings. The second-order valence-corrected chi connectivity index (χ2v) is 9.16. The van der Waals surface area contributed by atoms with Crippen LogP contribution in [-0.2, 0) is 24.6 Å². The van der Waals surface area contributed by atoms with E-state index in [-0.39, 0.29) is 11.4 Å². The number of nitro groups is 1. The van der Waals surface area contributed by atoms with E-state index in [1.165, 1.54) is 12.1 Å². The van der Waals surface area contributed by atoms with Gasteiger partial charge in [-0.1, -0.05) is 48.5 Å². The lowest BCUT2D eigenvalue weighted by Crippen LogP contribution is -2.54. The average molecular weight is 482 g/mol. The van der Waals surface area contributed by atoms with Crippen LogP contribution in [0.15, 0.2) is 66.7 Å². The number of hydrogen-bond acceptors (Lipinski definition) is 7. The first-order valence-corrected chi connectivity index (χ1v) is 11.3. The predicted molar refractivity (Wildman–Crippen MR) is 125 cm³/mol. The first-order chi connectivity index (χ1) is 17.3. The number of ether oxygens (including phenoxy) is 1. The van der Waals surface area contributed by atoms with Crippen molar-refractivity contribution in [2.75, 3.05) is 4.90 Å². The number of esters is 1. The average Bonchev–Trinajstić information content (AvgIpc) is 3.14. The van der Waals surface area contributed by atoms with Crippen LogP contribution in [0.5, 0.6) is 5.75 Å². The number of amides is 2. The molecule has 0 saturated carbocycles. The van der Waals surface area contributed by atoms with Gasteiger partial charge in [0.05, 0.1) is 27.9 Å². The third kappa shape index (κ3) is 2.59. The van der Waals surface area contributed by atoms with Crippen LogP contribution < -0.4 is 9.64 Å². The quantitative estimate of drug-likeness (QED) is 0.140. The summed E-state index contributed by atoms with van der Waals surface area (Å²) in [6.45, 7) is 1.11. The Labute approximate surface area is 204 Å². The van der Waals surface area contributed by atoms with E-state index in [4.69, 9.17) is 4.74 Å².